The highest BCUT2D eigenvalue weighted by Crippen LogP contribution is 2.20. The van der Waals surface area contributed by atoms with Crippen molar-refractivity contribution in [3.8, 4) is 11.5 Å². The van der Waals surface area contributed by atoms with Crippen LogP contribution in [0.3, 0.4) is 0 Å². The molecule has 1 heterocycles. The monoisotopic (exact) mass is 1410 g/mol. The summed E-state index contributed by atoms with van der Waals surface area (Å²) < 4.78 is 15.4. The van der Waals surface area contributed by atoms with Crippen LogP contribution in [-0.4, -0.2) is 207 Å². The first-order valence-corrected chi connectivity index (χ1v) is 31.7. The van der Waals surface area contributed by atoms with E-state index in [-0.39, 0.29) is 42.1 Å². The lowest BCUT2D eigenvalue weighted by Gasteiger charge is -2.34. The number of carbonyl (C=O) groups excluding carboxylic acids is 11. The van der Waals surface area contributed by atoms with E-state index in [1.807, 2.05) is 24.3 Å². The molecule has 0 aliphatic carbocycles. The molecule has 0 saturated carbocycles. The fourth-order valence-electron chi connectivity index (χ4n) is 9.99. The maximum atomic E-state index is 15.4. The molecule has 1 aromatic heterocycles. The lowest BCUT2D eigenvalue weighted by Crippen LogP contribution is -2.67. The molecule has 0 spiro atoms. The van der Waals surface area contributed by atoms with Gasteiger partial charge in [0.25, 0.3) is 0 Å². The molecular formula is C65H86FN17O18. The third kappa shape index (κ3) is 25.3. The molecule has 0 bridgehead atoms. The van der Waals surface area contributed by atoms with Gasteiger partial charge in [-0.25, -0.2) is 4.39 Å². The van der Waals surface area contributed by atoms with Gasteiger partial charge in [-0.3, -0.25) is 57.5 Å². The van der Waals surface area contributed by atoms with Crippen molar-refractivity contribution in [2.24, 2.45) is 17.2 Å². The molecule has 36 heteroatoms. The largest absolute Gasteiger partial charge is 0.508 e. The van der Waals surface area contributed by atoms with Crippen LogP contribution in [0.15, 0.2) is 97.1 Å². The van der Waals surface area contributed by atoms with Crippen molar-refractivity contribution in [3.63, 3.8) is 0 Å². The van der Waals surface area contributed by atoms with Crippen LogP contribution in [0.1, 0.15) is 87.5 Å². The van der Waals surface area contributed by atoms with Crippen LogP contribution in [0.5, 0.6) is 11.5 Å². The number of nitrogens with two attached hydrogens (primary N) is 3. The molecule has 0 saturated heterocycles. The van der Waals surface area contributed by atoms with Crippen molar-refractivity contribution < 1.29 is 92.6 Å². The Hall–Kier alpha value is -11.1. The molecule has 35 nitrogen and oxygen atoms in total. The number of rotatable bonds is 39. The number of nitrogens with one attached hydrogen (secondary N) is 11. The van der Waals surface area contributed by atoms with Gasteiger partial charge < -0.3 is 101 Å². The highest BCUT2D eigenvalue weighted by atomic mass is 19.1. The van der Waals surface area contributed by atoms with Gasteiger partial charge in [0.1, 0.15) is 70.7 Å². The number of aliphatic hydroxyl groups excluding tert-OH is 3. The summed E-state index contributed by atoms with van der Waals surface area (Å²) in [6.07, 6.45) is -5.49. The number of hydrogen-bond donors (Lipinski definition) is 20. The van der Waals surface area contributed by atoms with Crippen LogP contribution in [0.4, 0.5) is 4.39 Å². The van der Waals surface area contributed by atoms with Gasteiger partial charge in [-0.05, 0) is 118 Å². The lowest BCUT2D eigenvalue weighted by atomic mass is 9.90. The number of aromatic hydroxyl groups is 2. The summed E-state index contributed by atoms with van der Waals surface area (Å²) >= 11 is 0. The lowest BCUT2D eigenvalue weighted by molar-refractivity contribution is -0.142. The van der Waals surface area contributed by atoms with Crippen molar-refractivity contribution in [3.05, 3.63) is 137 Å². The second-order valence-corrected chi connectivity index (χ2v) is 24.6. The molecule has 546 valence electrons. The number of aliphatic carboxylic acids is 1. The second kappa shape index (κ2) is 37.8. The van der Waals surface area contributed by atoms with Crippen LogP contribution >= 0.6 is 0 Å². The van der Waals surface area contributed by atoms with E-state index in [4.69, 9.17) is 17.2 Å². The van der Waals surface area contributed by atoms with Gasteiger partial charge in [0, 0.05) is 25.8 Å². The number of amides is 11. The normalized spacial score (nSPS) is 14.8. The Morgan fingerprint density at radius 2 is 1.11 bits per heavy atom. The Morgan fingerprint density at radius 3 is 1.66 bits per heavy atom. The van der Waals surface area contributed by atoms with Gasteiger partial charge in [0.05, 0.1) is 37.8 Å². The number of primary amides is 1. The minimum absolute atomic E-state index is 0.0115. The van der Waals surface area contributed by atoms with Crippen LogP contribution in [-0.2, 0) is 96.2 Å². The Bertz CT molecular complexity index is 3700. The van der Waals surface area contributed by atoms with E-state index in [9.17, 15) is 88.2 Å². The number of H-pyrrole nitrogens is 1. The SMILES string of the molecule is C[C@@H](O)[C@H](NC(=O)CNC(=O)[C@H](Cc1nn[nH]n1)NC(=O)C(C)(C)NC(=O)[C@@H](N)Cc1ccc(O)cc1)C(=O)N[C@@](C)(Cc1ccccc1F)C(=O)N[C@H](C(=O)N[C@@H](CO)C(=O)N[C@@H](CC(=O)O)C(=O)N[C@@H](Cc1ccc(O)cc1)C(=O)N[C@@H](CCCc1ccc(CN)cc1)C(N)=O)[C@@H](C)O. The Balaban J connectivity index is 1.28. The van der Waals surface area contributed by atoms with Crippen LogP contribution in [0.2, 0.25) is 0 Å². The average Bonchev–Trinajstić information content (AvgIpc) is 0.975. The molecule has 0 radical (unpaired) electrons. The predicted octanol–water partition coefficient (Wildman–Crippen LogP) is -5.18. The van der Waals surface area contributed by atoms with E-state index in [1.165, 1.54) is 68.4 Å². The van der Waals surface area contributed by atoms with Gasteiger partial charge in [-0.15, -0.1) is 10.2 Å². The number of aryl methyl sites for hydroxylation is 1. The third-order valence-electron chi connectivity index (χ3n) is 15.8. The van der Waals surface area contributed by atoms with Crippen molar-refractivity contribution in [1.29, 1.82) is 0 Å². The minimum Gasteiger partial charge on any atom is -0.508 e. The van der Waals surface area contributed by atoms with Gasteiger partial charge in [-0.1, -0.05) is 71.9 Å². The Kier molecular flexibility index (Phi) is 30.1. The first-order valence-electron chi connectivity index (χ1n) is 31.7. The summed E-state index contributed by atoms with van der Waals surface area (Å²) in [6, 6.07) is 9.67. The zero-order valence-electron chi connectivity index (χ0n) is 55.8. The van der Waals surface area contributed by atoms with E-state index in [0.717, 1.165) is 38.0 Å². The van der Waals surface area contributed by atoms with Gasteiger partial charge in [0.15, 0.2) is 5.82 Å². The van der Waals surface area contributed by atoms with E-state index >= 15 is 4.39 Å². The molecular weight excluding hydrogens is 1330 g/mol. The summed E-state index contributed by atoms with van der Waals surface area (Å²) in [5, 5.41) is 98.1. The van der Waals surface area contributed by atoms with Crippen molar-refractivity contribution in [2.45, 2.75) is 164 Å². The van der Waals surface area contributed by atoms with Crippen LogP contribution in [0, 0.1) is 5.82 Å². The molecule has 101 heavy (non-hydrogen) atoms. The predicted molar refractivity (Wildman–Crippen MR) is 354 cm³/mol. The summed E-state index contributed by atoms with van der Waals surface area (Å²) in [5.41, 5.74) is 15.9. The number of carboxylic acid groups (broad SMARTS) is 1. The Morgan fingerprint density at radius 1 is 0.584 bits per heavy atom. The molecule has 4 aromatic carbocycles. The number of benzene rings is 4. The third-order valence-corrected chi connectivity index (χ3v) is 15.8. The topological polar surface area (TPSA) is 579 Å². The van der Waals surface area contributed by atoms with Gasteiger partial charge in [0.2, 0.25) is 65.0 Å². The zero-order chi connectivity index (χ0) is 74.9. The number of aliphatic hydroxyl groups is 3. The molecule has 0 aliphatic rings. The molecule has 11 amide bonds. The molecule has 5 rings (SSSR count). The van der Waals surface area contributed by atoms with E-state index in [0.29, 0.717) is 30.5 Å². The fourth-order valence-corrected chi connectivity index (χ4v) is 9.99. The summed E-state index contributed by atoms with van der Waals surface area (Å²) in [7, 11) is 0. The van der Waals surface area contributed by atoms with Crippen molar-refractivity contribution in [2.75, 3.05) is 13.2 Å². The number of phenolic OH excluding ortho intramolecular Hbond substituents is 2. The zero-order valence-corrected chi connectivity index (χ0v) is 55.8. The molecule has 23 N–H and O–H groups in total. The number of aromatic amines is 1. The first-order chi connectivity index (χ1) is 47.6. The molecule has 5 aromatic rings. The maximum absolute atomic E-state index is 15.4. The number of aromatic nitrogens is 4. The summed E-state index contributed by atoms with van der Waals surface area (Å²) in [5.74, 6) is -15.4. The van der Waals surface area contributed by atoms with E-state index < -0.39 is 181 Å². The quantitative estimate of drug-likeness (QED) is 0.0175. The van der Waals surface area contributed by atoms with Gasteiger partial charge in [-0.2, -0.15) is 5.21 Å². The van der Waals surface area contributed by atoms with E-state index in [1.54, 1.807) is 12.1 Å². The number of tetrazole rings is 1. The first kappa shape index (κ1) is 80.6. The number of hydrogen-bond acceptors (Lipinski definition) is 22. The standard InChI is InChI=1S/C65H86FN17O18/c1-33(85)52(60(98)74-48(32-84)59(97)73-47(28-51(90)91)58(96)72-45(26-37-19-23-41(88)24-20-37)57(95)71-44(54(69)92)12-8-9-35-13-15-38(30-67)16-14-35)77-63(101)65(5,29-39-10-6-7-11-42(39)66)79-61(99)53(34(2)86)76-50(89)31-70-56(94)46(27-49-80-82-83-81-49)75-62(100)64(3,4)78-55(93)43(68)25-36-17-21-40(87)22-18-36/h6-7,10-11,13-24,33-34,43-48,52-53,84-88H,8-9,12,25-32,67-68H2,1-5H3,(H2,69,92)(H,70,94)(H,71,95)(H,72,96)(H,73,97)(H,74,98)(H,75,100)(H,76,89)(H,77,101)(H,78,93)(H,79,99)(H,90,91)(H,80,81,82,83)/t33-,34-,43+,44+,45+,46+,47+,48+,52+,53+,65+/m1/s1. The summed E-state index contributed by atoms with van der Waals surface area (Å²) in [6.45, 7) is 3.82. The number of halogens is 1. The molecule has 0 fully saturated rings. The van der Waals surface area contributed by atoms with Crippen LogP contribution < -0.4 is 70.4 Å². The average molecular weight is 1410 g/mol. The number of phenols is 2. The summed E-state index contributed by atoms with van der Waals surface area (Å²) in [4.78, 5) is 164. The Labute approximate surface area is 577 Å². The fraction of sp³-hybridized carbons (Fsp3) is 0.431. The highest BCUT2D eigenvalue weighted by Gasteiger charge is 2.43. The van der Waals surface area contributed by atoms with Gasteiger partial charge >= 0.3 is 5.97 Å². The van der Waals surface area contributed by atoms with Crippen molar-refractivity contribution in [1.82, 2.24) is 73.8 Å². The molecule has 0 aliphatic heterocycles. The second-order valence-electron chi connectivity index (χ2n) is 24.6. The minimum atomic E-state index is -2.41. The molecule has 11 atom stereocenters. The number of carbonyl (C=O) groups is 12. The molecule has 0 unspecified atom stereocenters. The smallest absolute Gasteiger partial charge is 0.305 e. The highest BCUT2D eigenvalue weighted by molar-refractivity contribution is 6.00. The number of nitrogens with zero attached hydrogens (tertiary/aromatic N) is 3. The van der Waals surface area contributed by atoms with Crippen LogP contribution in [0.25, 0.3) is 0 Å². The van der Waals surface area contributed by atoms with E-state index in [2.05, 4.69) is 73.8 Å². The van der Waals surface area contributed by atoms with Crippen molar-refractivity contribution >= 4 is 70.9 Å². The number of carboxylic acids is 1. The maximum Gasteiger partial charge on any atom is 0.305 e.